The van der Waals surface area contributed by atoms with Crippen molar-refractivity contribution in [2.24, 2.45) is 0 Å². The molecule has 0 atom stereocenters. The van der Waals surface area contributed by atoms with E-state index in [4.69, 9.17) is 4.74 Å². The number of halogens is 4. The summed E-state index contributed by atoms with van der Waals surface area (Å²) in [5.74, 6) is -1.41. The normalized spacial score (nSPS) is 11.8. The van der Waals surface area contributed by atoms with Crippen LogP contribution in [0.15, 0.2) is 43.0 Å². The fourth-order valence-corrected chi connectivity index (χ4v) is 1.82. The van der Waals surface area contributed by atoms with Crippen molar-refractivity contribution in [1.29, 1.82) is 0 Å². The molecule has 0 spiro atoms. The van der Waals surface area contributed by atoms with Crippen LogP contribution in [0.1, 0.15) is 5.56 Å². The van der Waals surface area contributed by atoms with Crippen molar-refractivity contribution in [2.75, 3.05) is 0 Å². The van der Waals surface area contributed by atoms with Gasteiger partial charge in [0.05, 0.1) is 12.4 Å². The molecule has 4 nitrogen and oxygen atoms in total. The molecule has 21 heavy (non-hydrogen) atoms. The Bertz CT molecular complexity index is 797. The molecule has 8 heteroatoms. The molecule has 0 fully saturated rings. The minimum absolute atomic E-state index is 0.0736. The molecule has 0 saturated heterocycles. The molecule has 3 rings (SSSR count). The molecule has 0 aliphatic heterocycles. The average Bonchev–Trinajstić information content (AvgIpc) is 2.83. The Labute approximate surface area is 115 Å². The van der Waals surface area contributed by atoms with Gasteiger partial charge < -0.3 is 4.74 Å². The Morgan fingerprint density at radius 3 is 2.71 bits per heavy atom. The fraction of sp³-hybridized carbons (Fsp3) is 0.0769. The monoisotopic (exact) mass is 297 g/mol. The molecule has 1 aromatic carbocycles. The molecule has 3 aromatic rings. The van der Waals surface area contributed by atoms with Gasteiger partial charge in [-0.2, -0.15) is 13.2 Å². The van der Waals surface area contributed by atoms with Gasteiger partial charge in [0.15, 0.2) is 5.65 Å². The lowest BCUT2D eigenvalue weighted by molar-refractivity contribution is -0.138. The van der Waals surface area contributed by atoms with Crippen molar-refractivity contribution in [3.63, 3.8) is 0 Å². The predicted octanol–water partition coefficient (Wildman–Crippen LogP) is 3.68. The van der Waals surface area contributed by atoms with Gasteiger partial charge in [0, 0.05) is 12.4 Å². The van der Waals surface area contributed by atoms with E-state index in [1.54, 1.807) is 0 Å². The van der Waals surface area contributed by atoms with Crippen molar-refractivity contribution < 1.29 is 22.3 Å². The summed E-state index contributed by atoms with van der Waals surface area (Å²) in [6, 6.07) is 2.22. The van der Waals surface area contributed by atoms with Gasteiger partial charge in [-0.05, 0) is 18.2 Å². The minimum Gasteiger partial charge on any atom is -0.438 e. The van der Waals surface area contributed by atoms with Crippen LogP contribution in [0.2, 0.25) is 0 Å². The molecule has 0 aliphatic rings. The zero-order valence-corrected chi connectivity index (χ0v) is 10.3. The maximum atomic E-state index is 13.0. The number of imidazole rings is 1. The Balaban J connectivity index is 2.06. The van der Waals surface area contributed by atoms with Crippen molar-refractivity contribution in [2.45, 2.75) is 6.18 Å². The van der Waals surface area contributed by atoms with Crippen molar-refractivity contribution >= 4 is 5.65 Å². The number of hydrogen-bond acceptors (Lipinski definition) is 3. The van der Waals surface area contributed by atoms with Gasteiger partial charge in [-0.25, -0.2) is 9.37 Å². The first-order chi connectivity index (χ1) is 9.95. The second-order valence-corrected chi connectivity index (χ2v) is 4.14. The molecule has 0 unspecified atom stereocenters. The second kappa shape index (κ2) is 4.72. The number of ether oxygens (including phenoxy) is 1. The van der Waals surface area contributed by atoms with Crippen LogP contribution >= 0.6 is 0 Å². The highest BCUT2D eigenvalue weighted by Gasteiger charge is 2.35. The van der Waals surface area contributed by atoms with E-state index in [1.165, 1.54) is 29.2 Å². The second-order valence-electron chi connectivity index (χ2n) is 4.14. The standard InChI is InChI=1S/C13H7F4N3O/c14-8-1-2-10(9(5-8)13(15,16)17)21-12-7-19-11-6-18-3-4-20(11)12/h1-7H. The maximum Gasteiger partial charge on any atom is 0.420 e. The fourth-order valence-electron chi connectivity index (χ4n) is 1.82. The van der Waals surface area contributed by atoms with Gasteiger partial charge in [0.2, 0.25) is 5.88 Å². The van der Waals surface area contributed by atoms with Crippen molar-refractivity contribution in [1.82, 2.24) is 14.4 Å². The van der Waals surface area contributed by atoms with Crippen LogP contribution in [-0.4, -0.2) is 14.4 Å². The third kappa shape index (κ3) is 2.51. The van der Waals surface area contributed by atoms with Crippen LogP contribution in [0.5, 0.6) is 11.6 Å². The molecule has 108 valence electrons. The highest BCUT2D eigenvalue weighted by Crippen LogP contribution is 2.38. The third-order valence-corrected chi connectivity index (χ3v) is 2.74. The first kappa shape index (κ1) is 13.3. The number of benzene rings is 1. The number of alkyl halides is 3. The molecule has 0 aliphatic carbocycles. The Hall–Kier alpha value is -2.64. The summed E-state index contributed by atoms with van der Waals surface area (Å²) < 4.78 is 58.4. The van der Waals surface area contributed by atoms with Gasteiger partial charge in [0.1, 0.15) is 17.1 Å². The Kier molecular flexibility index (Phi) is 3.00. The third-order valence-electron chi connectivity index (χ3n) is 2.74. The van der Waals surface area contributed by atoms with E-state index < -0.39 is 23.3 Å². The molecular formula is C13H7F4N3O. The van der Waals surface area contributed by atoms with Crippen LogP contribution in [0.4, 0.5) is 17.6 Å². The van der Waals surface area contributed by atoms with E-state index in [2.05, 4.69) is 9.97 Å². The van der Waals surface area contributed by atoms with Gasteiger partial charge >= 0.3 is 6.18 Å². The van der Waals surface area contributed by atoms with Gasteiger partial charge in [0.25, 0.3) is 0 Å². The first-order valence-electron chi connectivity index (χ1n) is 5.77. The molecule has 0 saturated carbocycles. The minimum atomic E-state index is -4.72. The molecule has 0 bridgehead atoms. The highest BCUT2D eigenvalue weighted by molar-refractivity contribution is 5.43. The summed E-state index contributed by atoms with van der Waals surface area (Å²) in [7, 11) is 0. The summed E-state index contributed by atoms with van der Waals surface area (Å²) in [4.78, 5) is 7.78. The Morgan fingerprint density at radius 2 is 1.95 bits per heavy atom. The Morgan fingerprint density at radius 1 is 1.14 bits per heavy atom. The molecule has 0 N–H and O–H groups in total. The van der Waals surface area contributed by atoms with E-state index in [1.807, 2.05) is 0 Å². The largest absolute Gasteiger partial charge is 0.438 e. The van der Waals surface area contributed by atoms with Crippen LogP contribution < -0.4 is 4.74 Å². The summed E-state index contributed by atoms with van der Waals surface area (Å²) in [6.07, 6.45) is 0.910. The number of aromatic nitrogens is 3. The maximum absolute atomic E-state index is 13.0. The first-order valence-corrected chi connectivity index (χ1v) is 5.77. The summed E-state index contributed by atoms with van der Waals surface area (Å²) in [5.41, 5.74) is -0.769. The lowest BCUT2D eigenvalue weighted by atomic mass is 10.2. The van der Waals surface area contributed by atoms with E-state index in [0.717, 1.165) is 12.1 Å². The van der Waals surface area contributed by atoms with Crippen LogP contribution in [0.3, 0.4) is 0 Å². The molecular weight excluding hydrogens is 290 g/mol. The van der Waals surface area contributed by atoms with Crippen molar-refractivity contribution in [3.8, 4) is 11.6 Å². The zero-order chi connectivity index (χ0) is 15.0. The molecule has 0 amide bonds. The van der Waals surface area contributed by atoms with Crippen LogP contribution in [0, 0.1) is 5.82 Å². The lowest BCUT2D eigenvalue weighted by Gasteiger charge is -2.13. The van der Waals surface area contributed by atoms with Crippen LogP contribution in [0.25, 0.3) is 5.65 Å². The molecule has 2 aromatic heterocycles. The molecule has 0 radical (unpaired) electrons. The van der Waals surface area contributed by atoms with E-state index in [-0.39, 0.29) is 5.88 Å². The quantitative estimate of drug-likeness (QED) is 0.677. The highest BCUT2D eigenvalue weighted by atomic mass is 19.4. The van der Waals surface area contributed by atoms with Gasteiger partial charge in [-0.15, -0.1) is 0 Å². The van der Waals surface area contributed by atoms with E-state index >= 15 is 0 Å². The molecule has 2 heterocycles. The van der Waals surface area contributed by atoms with Crippen molar-refractivity contribution in [3.05, 3.63) is 54.4 Å². The number of rotatable bonds is 2. The SMILES string of the molecule is Fc1ccc(Oc2cnc3cnccn23)c(C(F)(F)F)c1. The zero-order valence-electron chi connectivity index (χ0n) is 10.3. The van der Waals surface area contributed by atoms with Gasteiger partial charge in [-0.1, -0.05) is 0 Å². The number of nitrogens with zero attached hydrogens (tertiary/aromatic N) is 3. The smallest absolute Gasteiger partial charge is 0.420 e. The van der Waals surface area contributed by atoms with Gasteiger partial charge in [-0.3, -0.25) is 9.38 Å². The van der Waals surface area contributed by atoms with E-state index in [0.29, 0.717) is 11.7 Å². The number of hydrogen-bond donors (Lipinski definition) is 0. The summed E-state index contributed by atoms with van der Waals surface area (Å²) >= 11 is 0. The van der Waals surface area contributed by atoms with Crippen LogP contribution in [-0.2, 0) is 6.18 Å². The summed E-state index contributed by atoms with van der Waals surface area (Å²) in [6.45, 7) is 0. The average molecular weight is 297 g/mol. The predicted molar refractivity (Wildman–Crippen MR) is 64.5 cm³/mol. The topological polar surface area (TPSA) is 39.4 Å². The van der Waals surface area contributed by atoms with E-state index in [9.17, 15) is 17.6 Å². The number of fused-ring (bicyclic) bond motifs is 1. The lowest BCUT2D eigenvalue weighted by Crippen LogP contribution is -2.08. The summed E-state index contributed by atoms with van der Waals surface area (Å²) in [5, 5.41) is 0.